The summed E-state index contributed by atoms with van der Waals surface area (Å²) in [7, 11) is 1.81. The second kappa shape index (κ2) is 4.66. The molecule has 0 unspecified atom stereocenters. The second-order valence-electron chi connectivity index (χ2n) is 5.31. The van der Waals surface area contributed by atoms with Gasteiger partial charge in [0.2, 0.25) is 0 Å². The summed E-state index contributed by atoms with van der Waals surface area (Å²) in [4.78, 5) is 21.2. The number of carbonyl (C=O) groups excluding carboxylic acids is 1. The van der Waals surface area contributed by atoms with E-state index >= 15 is 0 Å². The maximum Gasteiger partial charge on any atom is 0.253 e. The molecule has 0 spiro atoms. The molecule has 2 aromatic rings. The largest absolute Gasteiger partial charge is 0.393 e. The molecule has 1 saturated carbocycles. The first kappa shape index (κ1) is 12.2. The number of carbonyl (C=O) groups is 1. The van der Waals surface area contributed by atoms with Crippen LogP contribution in [-0.2, 0) is 0 Å². The monoisotopic (exact) mass is 259 g/mol. The lowest BCUT2D eigenvalue weighted by Gasteiger charge is -2.34. The fourth-order valence-electron chi connectivity index (χ4n) is 2.61. The van der Waals surface area contributed by atoms with E-state index in [0.717, 1.165) is 23.9 Å². The van der Waals surface area contributed by atoms with E-state index in [4.69, 9.17) is 0 Å². The number of hydrogen-bond acceptors (Lipinski definition) is 3. The van der Waals surface area contributed by atoms with E-state index in [-0.39, 0.29) is 12.0 Å². The van der Waals surface area contributed by atoms with Gasteiger partial charge in [0.25, 0.3) is 5.91 Å². The van der Waals surface area contributed by atoms with Crippen molar-refractivity contribution < 1.29 is 9.90 Å². The normalized spacial score (nSPS) is 22.2. The third-order valence-electron chi connectivity index (χ3n) is 3.76. The van der Waals surface area contributed by atoms with Gasteiger partial charge in [-0.2, -0.15) is 0 Å². The average Bonchev–Trinajstić information content (AvgIpc) is 2.83. The third-order valence-corrected chi connectivity index (χ3v) is 3.76. The highest BCUT2D eigenvalue weighted by atomic mass is 16.3. The van der Waals surface area contributed by atoms with E-state index in [0.29, 0.717) is 18.0 Å². The SMILES string of the molecule is CN(CC1CC(O)C1)C(=O)c1ccc2nc[nH]c2c1. The highest BCUT2D eigenvalue weighted by Gasteiger charge is 2.29. The Kier molecular flexibility index (Phi) is 2.98. The molecule has 1 aromatic heterocycles. The van der Waals surface area contributed by atoms with Crippen molar-refractivity contribution in [3.05, 3.63) is 30.1 Å². The summed E-state index contributed by atoms with van der Waals surface area (Å²) in [5.74, 6) is 0.442. The van der Waals surface area contributed by atoms with Gasteiger partial charge in [0.15, 0.2) is 0 Å². The van der Waals surface area contributed by atoms with Crippen molar-refractivity contribution in [3.8, 4) is 0 Å². The Bertz CT molecular complexity index is 602. The number of nitrogens with one attached hydrogen (secondary N) is 1. The fraction of sp³-hybridized carbons (Fsp3) is 0.429. The number of hydrogen-bond donors (Lipinski definition) is 2. The van der Waals surface area contributed by atoms with E-state index in [9.17, 15) is 9.90 Å². The second-order valence-corrected chi connectivity index (χ2v) is 5.31. The first-order chi connectivity index (χ1) is 9.13. The van der Waals surface area contributed by atoms with Crippen LogP contribution in [0.4, 0.5) is 0 Å². The maximum absolute atomic E-state index is 12.3. The molecule has 5 nitrogen and oxygen atoms in total. The van der Waals surface area contributed by atoms with Crippen LogP contribution in [0, 0.1) is 5.92 Å². The molecule has 0 saturated heterocycles. The Morgan fingerprint density at radius 3 is 3.05 bits per heavy atom. The lowest BCUT2D eigenvalue weighted by molar-refractivity contribution is 0.0265. The summed E-state index contributed by atoms with van der Waals surface area (Å²) in [5, 5.41) is 9.27. The van der Waals surface area contributed by atoms with Crippen molar-refractivity contribution in [2.75, 3.05) is 13.6 Å². The molecule has 3 rings (SSSR count). The Hall–Kier alpha value is -1.88. The average molecular weight is 259 g/mol. The summed E-state index contributed by atoms with van der Waals surface area (Å²) >= 11 is 0. The molecule has 1 aromatic carbocycles. The molecular formula is C14H17N3O2. The molecule has 1 fully saturated rings. The minimum atomic E-state index is -0.171. The van der Waals surface area contributed by atoms with Crippen LogP contribution >= 0.6 is 0 Å². The van der Waals surface area contributed by atoms with E-state index < -0.39 is 0 Å². The summed E-state index contributed by atoms with van der Waals surface area (Å²) in [6.07, 6.45) is 3.06. The Morgan fingerprint density at radius 2 is 2.32 bits per heavy atom. The van der Waals surface area contributed by atoms with E-state index in [1.54, 1.807) is 17.3 Å². The minimum absolute atomic E-state index is 0.0119. The van der Waals surface area contributed by atoms with Crippen LogP contribution in [0.25, 0.3) is 11.0 Å². The Morgan fingerprint density at radius 1 is 1.53 bits per heavy atom. The van der Waals surface area contributed by atoms with Crippen molar-refractivity contribution in [2.45, 2.75) is 18.9 Å². The van der Waals surface area contributed by atoms with Gasteiger partial charge in [0.1, 0.15) is 0 Å². The zero-order valence-electron chi connectivity index (χ0n) is 10.8. The zero-order chi connectivity index (χ0) is 13.4. The fourth-order valence-corrected chi connectivity index (χ4v) is 2.61. The van der Waals surface area contributed by atoms with Gasteiger partial charge in [0.05, 0.1) is 23.5 Å². The molecular weight excluding hydrogens is 242 g/mol. The topological polar surface area (TPSA) is 69.2 Å². The van der Waals surface area contributed by atoms with Gasteiger partial charge in [0, 0.05) is 19.2 Å². The minimum Gasteiger partial charge on any atom is -0.393 e. The van der Waals surface area contributed by atoms with E-state index in [1.807, 2.05) is 19.2 Å². The number of benzene rings is 1. The number of nitrogens with zero attached hydrogens (tertiary/aromatic N) is 2. The number of fused-ring (bicyclic) bond motifs is 1. The number of aliphatic hydroxyl groups excluding tert-OH is 1. The van der Waals surface area contributed by atoms with Crippen molar-refractivity contribution in [1.82, 2.24) is 14.9 Å². The standard InChI is InChI=1S/C14H17N3O2/c1-17(7-9-4-11(18)5-9)14(19)10-2-3-12-13(6-10)16-8-15-12/h2-3,6,8-9,11,18H,4-5,7H2,1H3,(H,15,16). The molecule has 0 atom stereocenters. The number of aromatic amines is 1. The molecule has 1 amide bonds. The first-order valence-corrected chi connectivity index (χ1v) is 6.50. The van der Waals surface area contributed by atoms with Gasteiger partial charge in [-0.3, -0.25) is 4.79 Å². The third kappa shape index (κ3) is 2.33. The van der Waals surface area contributed by atoms with Crippen LogP contribution < -0.4 is 0 Å². The predicted octanol–water partition coefficient (Wildman–Crippen LogP) is 1.41. The van der Waals surface area contributed by atoms with Gasteiger partial charge in [-0.15, -0.1) is 0 Å². The van der Waals surface area contributed by atoms with Gasteiger partial charge in [-0.1, -0.05) is 0 Å². The number of imidazole rings is 1. The quantitative estimate of drug-likeness (QED) is 0.875. The van der Waals surface area contributed by atoms with Crippen LogP contribution in [0.3, 0.4) is 0 Å². The molecule has 2 N–H and O–H groups in total. The Labute approximate surface area is 111 Å². The van der Waals surface area contributed by atoms with Crippen molar-refractivity contribution in [3.63, 3.8) is 0 Å². The van der Waals surface area contributed by atoms with Crippen LogP contribution in [-0.4, -0.2) is 45.6 Å². The first-order valence-electron chi connectivity index (χ1n) is 6.50. The zero-order valence-corrected chi connectivity index (χ0v) is 10.8. The number of H-pyrrole nitrogens is 1. The Balaban J connectivity index is 1.71. The summed E-state index contributed by atoms with van der Waals surface area (Å²) in [6.45, 7) is 0.705. The van der Waals surface area contributed by atoms with E-state index in [2.05, 4.69) is 9.97 Å². The van der Waals surface area contributed by atoms with Crippen molar-refractivity contribution >= 4 is 16.9 Å². The summed E-state index contributed by atoms with van der Waals surface area (Å²) in [6, 6.07) is 5.48. The molecule has 0 radical (unpaired) electrons. The van der Waals surface area contributed by atoms with Crippen molar-refractivity contribution in [2.24, 2.45) is 5.92 Å². The summed E-state index contributed by atoms with van der Waals surface area (Å²) < 4.78 is 0. The molecule has 5 heteroatoms. The molecule has 1 aliphatic rings. The number of rotatable bonds is 3. The van der Waals surface area contributed by atoms with Gasteiger partial charge in [-0.25, -0.2) is 4.98 Å². The maximum atomic E-state index is 12.3. The highest BCUT2D eigenvalue weighted by molar-refractivity contribution is 5.97. The van der Waals surface area contributed by atoms with Crippen LogP contribution in [0.5, 0.6) is 0 Å². The van der Waals surface area contributed by atoms with Crippen LogP contribution in [0.2, 0.25) is 0 Å². The molecule has 1 heterocycles. The predicted molar refractivity (Wildman–Crippen MR) is 71.8 cm³/mol. The molecule has 19 heavy (non-hydrogen) atoms. The molecule has 0 aliphatic heterocycles. The summed E-state index contributed by atoms with van der Waals surface area (Å²) in [5.41, 5.74) is 2.40. The molecule has 100 valence electrons. The van der Waals surface area contributed by atoms with Crippen LogP contribution in [0.15, 0.2) is 24.5 Å². The van der Waals surface area contributed by atoms with Crippen LogP contribution in [0.1, 0.15) is 23.2 Å². The van der Waals surface area contributed by atoms with Gasteiger partial charge >= 0.3 is 0 Å². The van der Waals surface area contributed by atoms with Crippen molar-refractivity contribution in [1.29, 1.82) is 0 Å². The number of amides is 1. The van der Waals surface area contributed by atoms with Gasteiger partial charge < -0.3 is 15.0 Å². The highest BCUT2D eigenvalue weighted by Crippen LogP contribution is 2.28. The number of aromatic nitrogens is 2. The molecule has 1 aliphatic carbocycles. The van der Waals surface area contributed by atoms with E-state index in [1.165, 1.54) is 0 Å². The lowest BCUT2D eigenvalue weighted by atomic mass is 9.82. The molecule has 0 bridgehead atoms. The van der Waals surface area contributed by atoms with Gasteiger partial charge in [-0.05, 0) is 37.0 Å². The lowest BCUT2D eigenvalue weighted by Crippen LogP contribution is -2.39. The smallest absolute Gasteiger partial charge is 0.253 e. The number of aliphatic hydroxyl groups is 1.